The molecule has 0 radical (unpaired) electrons. The highest BCUT2D eigenvalue weighted by Crippen LogP contribution is 2.41. The SMILES string of the molecule is CCOC(C)C1(CN)CCCC1. The minimum absolute atomic E-state index is 0.302. The summed E-state index contributed by atoms with van der Waals surface area (Å²) in [6, 6.07) is 0. The Balaban J connectivity index is 2.52. The first-order chi connectivity index (χ1) is 5.75. The fourth-order valence-corrected chi connectivity index (χ4v) is 2.28. The zero-order valence-corrected chi connectivity index (χ0v) is 8.31. The first-order valence-electron chi connectivity index (χ1n) is 5.07. The van der Waals surface area contributed by atoms with Crippen molar-refractivity contribution in [2.75, 3.05) is 13.2 Å². The topological polar surface area (TPSA) is 35.2 Å². The molecule has 0 aliphatic heterocycles. The van der Waals surface area contributed by atoms with Crippen molar-refractivity contribution in [1.29, 1.82) is 0 Å². The van der Waals surface area contributed by atoms with Gasteiger partial charge < -0.3 is 10.5 Å². The van der Waals surface area contributed by atoms with E-state index < -0.39 is 0 Å². The van der Waals surface area contributed by atoms with Gasteiger partial charge in [-0.05, 0) is 26.7 Å². The molecule has 2 heteroatoms. The Morgan fingerprint density at radius 1 is 1.42 bits per heavy atom. The number of ether oxygens (including phenoxy) is 1. The smallest absolute Gasteiger partial charge is 0.0615 e. The van der Waals surface area contributed by atoms with Crippen molar-refractivity contribution in [3.05, 3.63) is 0 Å². The Morgan fingerprint density at radius 2 is 2.00 bits per heavy atom. The summed E-state index contributed by atoms with van der Waals surface area (Å²) in [5.41, 5.74) is 6.12. The fraction of sp³-hybridized carbons (Fsp3) is 1.00. The Hall–Kier alpha value is -0.0800. The number of rotatable bonds is 4. The quantitative estimate of drug-likeness (QED) is 0.701. The van der Waals surface area contributed by atoms with E-state index in [1.165, 1.54) is 25.7 Å². The van der Waals surface area contributed by atoms with Gasteiger partial charge >= 0.3 is 0 Å². The lowest BCUT2D eigenvalue weighted by Gasteiger charge is -2.33. The first kappa shape index (κ1) is 10.0. The Kier molecular flexibility index (Phi) is 3.53. The number of hydrogen-bond acceptors (Lipinski definition) is 2. The van der Waals surface area contributed by atoms with E-state index in [2.05, 4.69) is 13.8 Å². The lowest BCUT2D eigenvalue weighted by atomic mass is 9.81. The molecule has 1 saturated carbocycles. The molecule has 72 valence electrons. The summed E-state index contributed by atoms with van der Waals surface area (Å²) < 4.78 is 5.64. The Bertz CT molecular complexity index is 130. The van der Waals surface area contributed by atoms with Crippen molar-refractivity contribution >= 4 is 0 Å². The highest BCUT2D eigenvalue weighted by Gasteiger charge is 2.38. The fourth-order valence-electron chi connectivity index (χ4n) is 2.28. The molecule has 2 N–H and O–H groups in total. The molecule has 1 fully saturated rings. The molecular weight excluding hydrogens is 150 g/mol. The van der Waals surface area contributed by atoms with Gasteiger partial charge in [0.05, 0.1) is 6.10 Å². The normalized spacial score (nSPS) is 24.2. The molecule has 0 aromatic carbocycles. The lowest BCUT2D eigenvalue weighted by Crippen LogP contribution is -2.39. The second kappa shape index (κ2) is 4.24. The van der Waals surface area contributed by atoms with E-state index in [-0.39, 0.29) is 0 Å². The monoisotopic (exact) mass is 171 g/mol. The second-order valence-corrected chi connectivity index (χ2v) is 3.87. The molecule has 0 bridgehead atoms. The van der Waals surface area contributed by atoms with Gasteiger partial charge in [-0.3, -0.25) is 0 Å². The van der Waals surface area contributed by atoms with Crippen LogP contribution in [0.3, 0.4) is 0 Å². The van der Waals surface area contributed by atoms with Gasteiger partial charge in [-0.1, -0.05) is 12.8 Å². The molecular formula is C10H21NO. The predicted octanol–water partition coefficient (Wildman–Crippen LogP) is 1.93. The van der Waals surface area contributed by atoms with E-state index >= 15 is 0 Å². The van der Waals surface area contributed by atoms with Gasteiger partial charge in [0.2, 0.25) is 0 Å². The van der Waals surface area contributed by atoms with E-state index in [0.717, 1.165) is 13.2 Å². The molecule has 12 heavy (non-hydrogen) atoms. The molecule has 1 aliphatic rings. The number of nitrogens with two attached hydrogens (primary N) is 1. The van der Waals surface area contributed by atoms with Crippen LogP contribution in [0.1, 0.15) is 39.5 Å². The third-order valence-electron chi connectivity index (χ3n) is 3.28. The highest BCUT2D eigenvalue weighted by atomic mass is 16.5. The summed E-state index contributed by atoms with van der Waals surface area (Å²) in [6.45, 7) is 5.81. The van der Waals surface area contributed by atoms with Gasteiger partial charge in [0, 0.05) is 18.6 Å². The summed E-state index contributed by atoms with van der Waals surface area (Å²) in [5.74, 6) is 0. The summed E-state index contributed by atoms with van der Waals surface area (Å²) >= 11 is 0. The summed E-state index contributed by atoms with van der Waals surface area (Å²) in [7, 11) is 0. The van der Waals surface area contributed by atoms with E-state index in [1.807, 2.05) is 0 Å². The van der Waals surface area contributed by atoms with Crippen molar-refractivity contribution in [3.8, 4) is 0 Å². The Morgan fingerprint density at radius 3 is 2.42 bits per heavy atom. The molecule has 1 unspecified atom stereocenters. The number of hydrogen-bond donors (Lipinski definition) is 1. The minimum atomic E-state index is 0.302. The zero-order valence-electron chi connectivity index (χ0n) is 8.31. The third-order valence-corrected chi connectivity index (χ3v) is 3.28. The molecule has 0 aromatic heterocycles. The standard InChI is InChI=1S/C10H21NO/c1-3-12-9(2)10(8-11)6-4-5-7-10/h9H,3-8,11H2,1-2H3. The average Bonchev–Trinajstić information content (AvgIpc) is 2.54. The Labute approximate surface area is 75.5 Å². The maximum absolute atomic E-state index is 5.82. The van der Waals surface area contributed by atoms with Crippen molar-refractivity contribution in [2.24, 2.45) is 11.1 Å². The summed E-state index contributed by atoms with van der Waals surface area (Å²) in [6.07, 6.45) is 5.51. The van der Waals surface area contributed by atoms with Crippen LogP contribution in [0, 0.1) is 5.41 Å². The maximum Gasteiger partial charge on any atom is 0.0615 e. The molecule has 0 amide bonds. The van der Waals surface area contributed by atoms with Crippen LogP contribution in [-0.4, -0.2) is 19.3 Å². The van der Waals surface area contributed by atoms with Crippen LogP contribution < -0.4 is 5.73 Å². The van der Waals surface area contributed by atoms with Crippen LogP contribution in [0.15, 0.2) is 0 Å². The van der Waals surface area contributed by atoms with Crippen LogP contribution in [0.2, 0.25) is 0 Å². The van der Waals surface area contributed by atoms with Crippen LogP contribution in [0.4, 0.5) is 0 Å². The second-order valence-electron chi connectivity index (χ2n) is 3.87. The van der Waals surface area contributed by atoms with Gasteiger partial charge in [0.15, 0.2) is 0 Å². The van der Waals surface area contributed by atoms with Gasteiger partial charge in [-0.25, -0.2) is 0 Å². The van der Waals surface area contributed by atoms with Gasteiger partial charge in [0.1, 0.15) is 0 Å². The van der Waals surface area contributed by atoms with Gasteiger partial charge in [0.25, 0.3) is 0 Å². The minimum Gasteiger partial charge on any atom is -0.378 e. The first-order valence-corrected chi connectivity index (χ1v) is 5.07. The predicted molar refractivity (Wildman–Crippen MR) is 51.0 cm³/mol. The molecule has 0 heterocycles. The zero-order chi connectivity index (χ0) is 9.03. The average molecular weight is 171 g/mol. The van der Waals surface area contributed by atoms with Crippen LogP contribution in [-0.2, 0) is 4.74 Å². The molecule has 1 atom stereocenters. The van der Waals surface area contributed by atoms with Crippen LogP contribution in [0.25, 0.3) is 0 Å². The summed E-state index contributed by atoms with van der Waals surface area (Å²) in [4.78, 5) is 0. The molecule has 0 spiro atoms. The molecule has 0 aromatic rings. The van der Waals surface area contributed by atoms with Gasteiger partial charge in [-0.15, -0.1) is 0 Å². The van der Waals surface area contributed by atoms with E-state index in [4.69, 9.17) is 10.5 Å². The maximum atomic E-state index is 5.82. The van der Waals surface area contributed by atoms with E-state index in [1.54, 1.807) is 0 Å². The molecule has 0 saturated heterocycles. The molecule has 1 rings (SSSR count). The van der Waals surface area contributed by atoms with Crippen molar-refractivity contribution in [1.82, 2.24) is 0 Å². The largest absolute Gasteiger partial charge is 0.378 e. The third kappa shape index (κ3) is 1.80. The van der Waals surface area contributed by atoms with E-state index in [0.29, 0.717) is 11.5 Å². The van der Waals surface area contributed by atoms with Crippen molar-refractivity contribution < 1.29 is 4.74 Å². The summed E-state index contributed by atoms with van der Waals surface area (Å²) in [5, 5.41) is 0. The van der Waals surface area contributed by atoms with Crippen LogP contribution >= 0.6 is 0 Å². The van der Waals surface area contributed by atoms with E-state index in [9.17, 15) is 0 Å². The van der Waals surface area contributed by atoms with Crippen LogP contribution in [0.5, 0.6) is 0 Å². The lowest BCUT2D eigenvalue weighted by molar-refractivity contribution is -0.0171. The highest BCUT2D eigenvalue weighted by molar-refractivity contribution is 4.90. The molecule has 1 aliphatic carbocycles. The van der Waals surface area contributed by atoms with Crippen molar-refractivity contribution in [2.45, 2.75) is 45.6 Å². The van der Waals surface area contributed by atoms with Gasteiger partial charge in [-0.2, -0.15) is 0 Å². The molecule has 2 nitrogen and oxygen atoms in total. The van der Waals surface area contributed by atoms with Crippen molar-refractivity contribution in [3.63, 3.8) is 0 Å².